The van der Waals surface area contributed by atoms with Gasteiger partial charge in [-0.1, -0.05) is 6.07 Å². The van der Waals surface area contributed by atoms with Crippen molar-refractivity contribution < 1.29 is 9.59 Å². The smallest absolute Gasteiger partial charge is 0.239 e. The van der Waals surface area contributed by atoms with Crippen molar-refractivity contribution in [2.45, 2.75) is 33.2 Å². The number of rotatable bonds is 2. The van der Waals surface area contributed by atoms with Crippen molar-refractivity contribution in [3.8, 4) is 0 Å². The average molecular weight is 315 g/mol. The summed E-state index contributed by atoms with van der Waals surface area (Å²) in [6.07, 6.45) is 0.612. The molecule has 2 fully saturated rings. The van der Waals surface area contributed by atoms with Gasteiger partial charge in [-0.2, -0.15) is 0 Å². The van der Waals surface area contributed by atoms with Gasteiger partial charge in [0.2, 0.25) is 11.8 Å². The predicted octanol–water partition coefficient (Wildman–Crippen LogP) is 1.48. The van der Waals surface area contributed by atoms with Crippen LogP contribution in [0.3, 0.4) is 0 Å². The van der Waals surface area contributed by atoms with Crippen LogP contribution >= 0.6 is 0 Å². The van der Waals surface area contributed by atoms with Gasteiger partial charge in [-0.15, -0.1) is 0 Å². The molecule has 124 valence electrons. The number of anilines is 1. The summed E-state index contributed by atoms with van der Waals surface area (Å²) in [5, 5.41) is 3.28. The van der Waals surface area contributed by atoms with E-state index in [-0.39, 0.29) is 17.9 Å². The van der Waals surface area contributed by atoms with Crippen LogP contribution in [0.15, 0.2) is 18.2 Å². The molecule has 0 aromatic heterocycles. The second kappa shape index (κ2) is 6.32. The molecule has 0 bridgehead atoms. The third kappa shape index (κ3) is 3.11. The molecule has 2 saturated heterocycles. The summed E-state index contributed by atoms with van der Waals surface area (Å²) in [4.78, 5) is 29.2. The zero-order valence-electron chi connectivity index (χ0n) is 14.1. The lowest BCUT2D eigenvalue weighted by Gasteiger charge is -2.35. The maximum absolute atomic E-state index is 12.8. The van der Waals surface area contributed by atoms with E-state index in [1.54, 1.807) is 4.90 Å². The van der Waals surface area contributed by atoms with Gasteiger partial charge in [-0.3, -0.25) is 9.59 Å². The summed E-state index contributed by atoms with van der Waals surface area (Å²) in [6.45, 7) is 9.01. The molecule has 2 aliphatic rings. The highest BCUT2D eigenvalue weighted by atomic mass is 16.2. The van der Waals surface area contributed by atoms with Gasteiger partial charge in [0.25, 0.3) is 0 Å². The zero-order chi connectivity index (χ0) is 16.6. The van der Waals surface area contributed by atoms with Crippen LogP contribution in [0.2, 0.25) is 0 Å². The van der Waals surface area contributed by atoms with Crippen molar-refractivity contribution in [2.24, 2.45) is 5.92 Å². The number of amides is 2. The maximum Gasteiger partial charge on any atom is 0.239 e. The fraction of sp³-hybridized carbons (Fsp3) is 0.556. The molecule has 1 aromatic carbocycles. The molecule has 2 amide bonds. The third-order valence-corrected chi connectivity index (χ3v) is 4.81. The lowest BCUT2D eigenvalue weighted by molar-refractivity contribution is -0.142. The summed E-state index contributed by atoms with van der Waals surface area (Å²) < 4.78 is 0. The van der Waals surface area contributed by atoms with E-state index < -0.39 is 5.92 Å². The first-order chi connectivity index (χ1) is 11.0. The highest BCUT2D eigenvalue weighted by molar-refractivity contribution is 6.09. The minimum Gasteiger partial charge on any atom is -0.337 e. The average Bonchev–Trinajstić information content (AvgIpc) is 2.88. The SMILES string of the molecule is Cc1cc(C)cc(N2CCC(C(=O)N3CCNCC3C)C2=O)c1. The number of nitrogens with one attached hydrogen (secondary N) is 1. The lowest BCUT2D eigenvalue weighted by Crippen LogP contribution is -2.54. The minimum atomic E-state index is -0.517. The molecule has 5 heteroatoms. The molecule has 5 nitrogen and oxygen atoms in total. The molecule has 23 heavy (non-hydrogen) atoms. The van der Waals surface area contributed by atoms with Crippen molar-refractivity contribution in [2.75, 3.05) is 31.1 Å². The molecule has 1 aromatic rings. The van der Waals surface area contributed by atoms with E-state index >= 15 is 0 Å². The standard InChI is InChI=1S/C18H25N3O2/c1-12-8-13(2)10-15(9-12)21-6-4-16(18(21)23)17(22)20-7-5-19-11-14(20)3/h8-10,14,16,19H,4-7,11H2,1-3H3. The van der Waals surface area contributed by atoms with Gasteiger partial charge >= 0.3 is 0 Å². The summed E-state index contributed by atoms with van der Waals surface area (Å²) in [6, 6.07) is 6.28. The first kappa shape index (κ1) is 16.0. The number of piperazine rings is 1. The molecular formula is C18H25N3O2. The van der Waals surface area contributed by atoms with Crippen molar-refractivity contribution in [1.29, 1.82) is 0 Å². The fourth-order valence-corrected chi connectivity index (χ4v) is 3.64. The Labute approximate surface area is 137 Å². The van der Waals surface area contributed by atoms with Crippen LogP contribution in [0.25, 0.3) is 0 Å². The molecule has 2 unspecified atom stereocenters. The second-order valence-electron chi connectivity index (χ2n) is 6.76. The van der Waals surface area contributed by atoms with E-state index in [1.807, 2.05) is 37.8 Å². The first-order valence-corrected chi connectivity index (χ1v) is 8.38. The van der Waals surface area contributed by atoms with Gasteiger partial charge in [0.15, 0.2) is 0 Å². The normalized spacial score (nSPS) is 25.1. The number of hydrogen-bond donors (Lipinski definition) is 1. The van der Waals surface area contributed by atoms with E-state index in [0.717, 1.165) is 29.9 Å². The van der Waals surface area contributed by atoms with Gasteiger partial charge in [0.1, 0.15) is 5.92 Å². The Bertz CT molecular complexity index is 608. The van der Waals surface area contributed by atoms with Crippen LogP contribution in [0.4, 0.5) is 5.69 Å². The van der Waals surface area contributed by atoms with Gasteiger partial charge in [-0.05, 0) is 50.5 Å². The molecule has 0 radical (unpaired) electrons. The largest absolute Gasteiger partial charge is 0.337 e. The van der Waals surface area contributed by atoms with Gasteiger partial charge in [0.05, 0.1) is 0 Å². The number of nitrogens with zero attached hydrogens (tertiary/aromatic N) is 2. The molecular weight excluding hydrogens is 290 g/mol. The number of carbonyl (C=O) groups excluding carboxylic acids is 2. The predicted molar refractivity (Wildman–Crippen MR) is 90.4 cm³/mol. The van der Waals surface area contributed by atoms with Crippen LogP contribution in [0.1, 0.15) is 24.5 Å². The quantitative estimate of drug-likeness (QED) is 0.841. The first-order valence-electron chi connectivity index (χ1n) is 8.38. The number of aryl methyl sites for hydroxylation is 2. The molecule has 3 rings (SSSR count). The lowest BCUT2D eigenvalue weighted by atomic mass is 10.0. The summed E-state index contributed by atoms with van der Waals surface area (Å²) in [5.74, 6) is -0.571. The van der Waals surface area contributed by atoms with Crippen molar-refractivity contribution in [3.63, 3.8) is 0 Å². The van der Waals surface area contributed by atoms with E-state index in [0.29, 0.717) is 19.5 Å². The summed E-state index contributed by atoms with van der Waals surface area (Å²) in [7, 11) is 0. The van der Waals surface area contributed by atoms with Crippen molar-refractivity contribution in [3.05, 3.63) is 29.3 Å². The summed E-state index contributed by atoms with van der Waals surface area (Å²) in [5.41, 5.74) is 3.19. The van der Waals surface area contributed by atoms with Gasteiger partial charge in [0, 0.05) is 37.9 Å². The maximum atomic E-state index is 12.8. The summed E-state index contributed by atoms with van der Waals surface area (Å²) >= 11 is 0. The Hall–Kier alpha value is -1.88. The van der Waals surface area contributed by atoms with Crippen LogP contribution < -0.4 is 10.2 Å². The van der Waals surface area contributed by atoms with E-state index in [9.17, 15) is 9.59 Å². The monoisotopic (exact) mass is 315 g/mol. The van der Waals surface area contributed by atoms with Crippen molar-refractivity contribution >= 4 is 17.5 Å². The van der Waals surface area contributed by atoms with Crippen LogP contribution in [0, 0.1) is 19.8 Å². The topological polar surface area (TPSA) is 52.7 Å². The molecule has 1 N–H and O–H groups in total. The number of hydrogen-bond acceptors (Lipinski definition) is 3. The zero-order valence-corrected chi connectivity index (χ0v) is 14.1. The van der Waals surface area contributed by atoms with Crippen LogP contribution in [-0.4, -0.2) is 48.9 Å². The molecule has 0 saturated carbocycles. The highest BCUT2D eigenvalue weighted by Gasteiger charge is 2.41. The van der Waals surface area contributed by atoms with Gasteiger partial charge < -0.3 is 15.1 Å². The Morgan fingerprint density at radius 1 is 1.17 bits per heavy atom. The minimum absolute atomic E-state index is 0.00382. The molecule has 2 aliphatic heterocycles. The number of benzene rings is 1. The molecule has 0 aliphatic carbocycles. The Kier molecular flexibility index (Phi) is 4.39. The van der Waals surface area contributed by atoms with Crippen molar-refractivity contribution in [1.82, 2.24) is 10.2 Å². The van der Waals surface area contributed by atoms with E-state index in [1.165, 1.54) is 0 Å². The fourth-order valence-electron chi connectivity index (χ4n) is 3.64. The molecule has 0 spiro atoms. The molecule has 2 atom stereocenters. The Morgan fingerprint density at radius 2 is 1.87 bits per heavy atom. The molecule has 2 heterocycles. The Morgan fingerprint density at radius 3 is 2.52 bits per heavy atom. The van der Waals surface area contributed by atoms with E-state index in [2.05, 4.69) is 11.4 Å². The van der Waals surface area contributed by atoms with Gasteiger partial charge in [-0.25, -0.2) is 0 Å². The van der Waals surface area contributed by atoms with Crippen LogP contribution in [-0.2, 0) is 9.59 Å². The third-order valence-electron chi connectivity index (χ3n) is 4.81. The number of carbonyl (C=O) groups is 2. The van der Waals surface area contributed by atoms with Crippen LogP contribution in [0.5, 0.6) is 0 Å². The Balaban J connectivity index is 1.77. The highest BCUT2D eigenvalue weighted by Crippen LogP contribution is 2.28. The second-order valence-corrected chi connectivity index (χ2v) is 6.76. The van der Waals surface area contributed by atoms with E-state index in [4.69, 9.17) is 0 Å².